The highest BCUT2D eigenvalue weighted by Gasteiger charge is 2.16. The average Bonchev–Trinajstić information content (AvgIpc) is 3.13. The predicted molar refractivity (Wildman–Crippen MR) is 119 cm³/mol. The molecule has 0 unspecified atom stereocenters. The number of allylic oxidation sites excluding steroid dienone is 1. The van der Waals surface area contributed by atoms with Crippen LogP contribution in [0.3, 0.4) is 0 Å². The molecule has 0 radical (unpaired) electrons. The van der Waals surface area contributed by atoms with Crippen molar-refractivity contribution in [2.45, 2.75) is 32.0 Å². The third-order valence-corrected chi connectivity index (χ3v) is 5.55. The average molecular weight is 410 g/mol. The van der Waals surface area contributed by atoms with Crippen molar-refractivity contribution in [3.05, 3.63) is 66.2 Å². The van der Waals surface area contributed by atoms with Crippen molar-refractivity contribution in [3.8, 4) is 22.9 Å². The van der Waals surface area contributed by atoms with Crippen molar-refractivity contribution in [3.63, 3.8) is 0 Å². The third kappa shape index (κ3) is 5.21. The quantitative estimate of drug-likeness (QED) is 0.258. The van der Waals surface area contributed by atoms with Crippen LogP contribution in [0, 0.1) is 13.8 Å². The largest absolute Gasteiger partial charge is 0.496 e. The number of rotatable bonds is 10. The number of thioether (sulfide) groups is 1. The van der Waals surface area contributed by atoms with Crippen LogP contribution in [0.2, 0.25) is 0 Å². The second-order valence-corrected chi connectivity index (χ2v) is 7.79. The number of ether oxygens (including phenoxy) is 2. The van der Waals surface area contributed by atoms with Crippen molar-refractivity contribution < 1.29 is 9.47 Å². The fourth-order valence-electron chi connectivity index (χ4n) is 2.99. The molecule has 0 bridgehead atoms. The molecule has 0 spiro atoms. The molecule has 2 aromatic carbocycles. The summed E-state index contributed by atoms with van der Waals surface area (Å²) in [6.45, 7) is 9.34. The standard InChI is InChI=1S/C23H27N3O2S/c1-5-13-26-22(19-9-6-7-10-20(19)27-4)24-25-23(26)29-15-8-14-28-21-16-17(2)11-12-18(21)3/h5-7,9-12,16H,1,8,13-15H2,2-4H3. The van der Waals surface area contributed by atoms with E-state index in [9.17, 15) is 0 Å². The second-order valence-electron chi connectivity index (χ2n) is 6.73. The van der Waals surface area contributed by atoms with Crippen LogP contribution in [-0.2, 0) is 6.54 Å². The van der Waals surface area contributed by atoms with E-state index in [0.29, 0.717) is 13.2 Å². The SMILES string of the molecule is C=CCn1c(SCCCOc2cc(C)ccc2C)nnc1-c1ccccc1OC. The van der Waals surface area contributed by atoms with Crippen molar-refractivity contribution >= 4 is 11.8 Å². The maximum atomic E-state index is 5.95. The molecule has 0 saturated heterocycles. The first-order chi connectivity index (χ1) is 14.1. The molecule has 6 heteroatoms. The van der Waals surface area contributed by atoms with E-state index < -0.39 is 0 Å². The first kappa shape index (κ1) is 21.0. The van der Waals surface area contributed by atoms with Gasteiger partial charge in [-0.15, -0.1) is 16.8 Å². The van der Waals surface area contributed by atoms with Gasteiger partial charge in [0.2, 0.25) is 0 Å². The van der Waals surface area contributed by atoms with Gasteiger partial charge in [0.1, 0.15) is 11.5 Å². The van der Waals surface area contributed by atoms with E-state index in [-0.39, 0.29) is 0 Å². The predicted octanol–water partition coefficient (Wildman–Crippen LogP) is 5.32. The molecule has 0 amide bonds. The lowest BCUT2D eigenvalue weighted by Gasteiger charge is -2.11. The van der Waals surface area contributed by atoms with E-state index in [0.717, 1.165) is 45.8 Å². The lowest BCUT2D eigenvalue weighted by atomic mass is 10.1. The number of hydrogen-bond acceptors (Lipinski definition) is 5. The minimum absolute atomic E-state index is 0.641. The Labute approximate surface area is 176 Å². The molecule has 5 nitrogen and oxygen atoms in total. The third-order valence-electron chi connectivity index (χ3n) is 4.50. The Morgan fingerprint density at radius 1 is 1.10 bits per heavy atom. The molecule has 0 aliphatic heterocycles. The number of methoxy groups -OCH3 is 1. The van der Waals surface area contributed by atoms with Gasteiger partial charge in [0.25, 0.3) is 0 Å². The van der Waals surface area contributed by atoms with E-state index in [1.165, 1.54) is 5.56 Å². The Morgan fingerprint density at radius 3 is 2.72 bits per heavy atom. The zero-order valence-corrected chi connectivity index (χ0v) is 18.0. The number of nitrogens with zero attached hydrogens (tertiary/aromatic N) is 3. The second kappa shape index (κ2) is 10.2. The fourth-order valence-corrected chi connectivity index (χ4v) is 3.85. The monoisotopic (exact) mass is 409 g/mol. The summed E-state index contributed by atoms with van der Waals surface area (Å²) in [6, 6.07) is 14.1. The Bertz CT molecular complexity index is 969. The minimum atomic E-state index is 0.641. The maximum absolute atomic E-state index is 5.95. The molecule has 1 aromatic heterocycles. The molecule has 29 heavy (non-hydrogen) atoms. The van der Waals surface area contributed by atoms with Crippen LogP contribution in [0.1, 0.15) is 17.5 Å². The number of aryl methyl sites for hydroxylation is 2. The van der Waals surface area contributed by atoms with Gasteiger partial charge in [0.05, 0.1) is 19.3 Å². The zero-order valence-electron chi connectivity index (χ0n) is 17.2. The summed E-state index contributed by atoms with van der Waals surface area (Å²) in [5.74, 6) is 3.43. The summed E-state index contributed by atoms with van der Waals surface area (Å²) in [7, 11) is 1.67. The Kier molecular flexibility index (Phi) is 7.36. The van der Waals surface area contributed by atoms with Gasteiger partial charge in [-0.3, -0.25) is 4.57 Å². The van der Waals surface area contributed by atoms with Crippen LogP contribution in [0.15, 0.2) is 60.3 Å². The van der Waals surface area contributed by atoms with Gasteiger partial charge in [-0.2, -0.15) is 0 Å². The molecule has 3 rings (SSSR count). The summed E-state index contributed by atoms with van der Waals surface area (Å²) in [6.07, 6.45) is 2.78. The first-order valence-electron chi connectivity index (χ1n) is 9.64. The molecular formula is C23H27N3O2S. The molecule has 152 valence electrons. The van der Waals surface area contributed by atoms with Gasteiger partial charge in [0, 0.05) is 12.3 Å². The number of para-hydroxylation sites is 1. The molecule has 0 aliphatic carbocycles. The topological polar surface area (TPSA) is 49.2 Å². The van der Waals surface area contributed by atoms with Crippen molar-refractivity contribution in [2.75, 3.05) is 19.5 Å². The van der Waals surface area contributed by atoms with E-state index in [1.54, 1.807) is 18.9 Å². The summed E-state index contributed by atoms with van der Waals surface area (Å²) in [5, 5.41) is 9.69. The molecule has 1 heterocycles. The van der Waals surface area contributed by atoms with E-state index in [4.69, 9.17) is 9.47 Å². The van der Waals surface area contributed by atoms with Crippen LogP contribution in [0.4, 0.5) is 0 Å². The van der Waals surface area contributed by atoms with Crippen LogP contribution >= 0.6 is 11.8 Å². The van der Waals surface area contributed by atoms with Gasteiger partial charge < -0.3 is 9.47 Å². The Morgan fingerprint density at radius 2 is 1.93 bits per heavy atom. The normalized spacial score (nSPS) is 10.7. The Balaban J connectivity index is 1.63. The van der Waals surface area contributed by atoms with Crippen LogP contribution < -0.4 is 9.47 Å². The highest BCUT2D eigenvalue weighted by Crippen LogP contribution is 2.31. The molecular weight excluding hydrogens is 382 g/mol. The highest BCUT2D eigenvalue weighted by molar-refractivity contribution is 7.99. The Hall–Kier alpha value is -2.73. The van der Waals surface area contributed by atoms with E-state index >= 15 is 0 Å². The molecule has 0 aliphatic rings. The maximum Gasteiger partial charge on any atom is 0.191 e. The van der Waals surface area contributed by atoms with Gasteiger partial charge in [-0.05, 0) is 49.6 Å². The number of aromatic nitrogens is 3. The first-order valence-corrected chi connectivity index (χ1v) is 10.6. The number of benzene rings is 2. The van der Waals surface area contributed by atoms with E-state index in [1.807, 2.05) is 30.3 Å². The van der Waals surface area contributed by atoms with E-state index in [2.05, 4.69) is 53.4 Å². The summed E-state index contributed by atoms with van der Waals surface area (Å²) in [5.41, 5.74) is 3.30. The molecule has 0 atom stereocenters. The van der Waals surface area contributed by atoms with Gasteiger partial charge in [-0.1, -0.05) is 42.1 Å². The van der Waals surface area contributed by atoms with Crippen molar-refractivity contribution in [1.82, 2.24) is 14.8 Å². The van der Waals surface area contributed by atoms with Gasteiger partial charge >= 0.3 is 0 Å². The molecule has 0 N–H and O–H groups in total. The van der Waals surface area contributed by atoms with Crippen molar-refractivity contribution in [2.24, 2.45) is 0 Å². The van der Waals surface area contributed by atoms with Crippen LogP contribution in [-0.4, -0.2) is 34.2 Å². The van der Waals surface area contributed by atoms with Gasteiger partial charge in [0.15, 0.2) is 11.0 Å². The summed E-state index contributed by atoms with van der Waals surface area (Å²) in [4.78, 5) is 0. The molecule has 0 saturated carbocycles. The van der Waals surface area contributed by atoms with Crippen molar-refractivity contribution in [1.29, 1.82) is 0 Å². The fraction of sp³-hybridized carbons (Fsp3) is 0.304. The lowest BCUT2D eigenvalue weighted by Crippen LogP contribution is -2.03. The smallest absolute Gasteiger partial charge is 0.191 e. The highest BCUT2D eigenvalue weighted by atomic mass is 32.2. The molecule has 3 aromatic rings. The number of hydrogen-bond donors (Lipinski definition) is 0. The zero-order chi connectivity index (χ0) is 20.6. The summed E-state index contributed by atoms with van der Waals surface area (Å²) >= 11 is 1.68. The molecule has 0 fully saturated rings. The minimum Gasteiger partial charge on any atom is -0.496 e. The lowest BCUT2D eigenvalue weighted by molar-refractivity contribution is 0.316. The van der Waals surface area contributed by atoms with Crippen LogP contribution in [0.5, 0.6) is 11.5 Å². The summed E-state index contributed by atoms with van der Waals surface area (Å²) < 4.78 is 13.5. The van der Waals surface area contributed by atoms with Crippen LogP contribution in [0.25, 0.3) is 11.4 Å². The van der Waals surface area contributed by atoms with Gasteiger partial charge in [-0.25, -0.2) is 0 Å².